The molecule has 2 aliphatic heterocycles. The van der Waals surface area contributed by atoms with E-state index in [9.17, 15) is 0 Å². The molecular weight excluding hydrogens is 204 g/mol. The van der Waals surface area contributed by atoms with Crippen molar-refractivity contribution in [2.24, 2.45) is 0 Å². The Hall–Kier alpha value is -1.07. The zero-order valence-electron chi connectivity index (χ0n) is 9.41. The van der Waals surface area contributed by atoms with E-state index in [4.69, 9.17) is 10.5 Å². The quantitative estimate of drug-likeness (QED) is 0.724. The maximum Gasteiger partial charge on any atom is 0.150 e. The lowest BCUT2D eigenvalue weighted by atomic mass is 10.1. The van der Waals surface area contributed by atoms with Crippen molar-refractivity contribution in [1.29, 1.82) is 0 Å². The summed E-state index contributed by atoms with van der Waals surface area (Å²) in [5, 5.41) is 7.85. The fourth-order valence-electron chi connectivity index (χ4n) is 2.63. The summed E-state index contributed by atoms with van der Waals surface area (Å²) in [5.41, 5.74) is 8.51. The van der Waals surface area contributed by atoms with Crippen LogP contribution in [0.4, 0.5) is 5.82 Å². The SMILES string of the molecule is Nc1nn(C2CCOCC2)c2c1CNCC2. The summed E-state index contributed by atoms with van der Waals surface area (Å²) in [5.74, 6) is 0.702. The third-order valence-corrected chi connectivity index (χ3v) is 3.53. The molecule has 1 aromatic rings. The van der Waals surface area contributed by atoms with Crippen LogP contribution in [0.1, 0.15) is 30.1 Å². The van der Waals surface area contributed by atoms with Crippen LogP contribution in [0.15, 0.2) is 0 Å². The molecule has 2 aliphatic rings. The molecule has 0 radical (unpaired) electrons. The number of nitrogens with zero attached hydrogens (tertiary/aromatic N) is 2. The highest BCUT2D eigenvalue weighted by Crippen LogP contribution is 2.28. The zero-order chi connectivity index (χ0) is 11.0. The van der Waals surface area contributed by atoms with E-state index < -0.39 is 0 Å². The number of fused-ring (bicyclic) bond motifs is 1. The highest BCUT2D eigenvalue weighted by Gasteiger charge is 2.24. The second kappa shape index (κ2) is 4.07. The Labute approximate surface area is 94.9 Å². The Balaban J connectivity index is 1.93. The molecule has 0 amide bonds. The lowest BCUT2D eigenvalue weighted by Gasteiger charge is -2.25. The van der Waals surface area contributed by atoms with Gasteiger partial charge in [-0.3, -0.25) is 4.68 Å². The minimum Gasteiger partial charge on any atom is -0.382 e. The number of hydrogen-bond donors (Lipinski definition) is 2. The number of nitrogens with one attached hydrogen (secondary N) is 1. The molecule has 1 aromatic heterocycles. The van der Waals surface area contributed by atoms with Crippen LogP contribution in [0, 0.1) is 0 Å². The highest BCUT2D eigenvalue weighted by molar-refractivity contribution is 5.44. The molecule has 0 atom stereocenters. The molecule has 16 heavy (non-hydrogen) atoms. The van der Waals surface area contributed by atoms with Crippen LogP contribution < -0.4 is 11.1 Å². The van der Waals surface area contributed by atoms with Crippen molar-refractivity contribution in [3.8, 4) is 0 Å². The van der Waals surface area contributed by atoms with E-state index in [0.717, 1.165) is 45.6 Å². The fraction of sp³-hybridized carbons (Fsp3) is 0.727. The molecule has 5 nitrogen and oxygen atoms in total. The van der Waals surface area contributed by atoms with Crippen molar-refractivity contribution in [2.75, 3.05) is 25.5 Å². The van der Waals surface area contributed by atoms with Gasteiger partial charge >= 0.3 is 0 Å². The molecule has 3 rings (SSSR count). The van der Waals surface area contributed by atoms with Gasteiger partial charge in [-0.05, 0) is 12.8 Å². The van der Waals surface area contributed by atoms with Gasteiger partial charge in [-0.1, -0.05) is 0 Å². The zero-order valence-corrected chi connectivity index (χ0v) is 9.41. The molecule has 88 valence electrons. The minimum atomic E-state index is 0.484. The van der Waals surface area contributed by atoms with E-state index in [1.807, 2.05) is 0 Å². The summed E-state index contributed by atoms with van der Waals surface area (Å²) >= 11 is 0. The molecular formula is C11H18N4O. The second-order valence-electron chi connectivity index (χ2n) is 4.53. The Kier molecular flexibility index (Phi) is 2.57. The number of anilines is 1. The second-order valence-corrected chi connectivity index (χ2v) is 4.53. The maximum absolute atomic E-state index is 5.97. The van der Waals surface area contributed by atoms with Crippen LogP contribution in [0.2, 0.25) is 0 Å². The van der Waals surface area contributed by atoms with E-state index in [2.05, 4.69) is 15.1 Å². The van der Waals surface area contributed by atoms with E-state index in [1.165, 1.54) is 11.3 Å². The number of hydrogen-bond acceptors (Lipinski definition) is 4. The molecule has 0 bridgehead atoms. The van der Waals surface area contributed by atoms with Gasteiger partial charge in [0, 0.05) is 44.0 Å². The van der Waals surface area contributed by atoms with Crippen LogP contribution >= 0.6 is 0 Å². The number of nitrogens with two attached hydrogens (primary N) is 1. The number of aromatic nitrogens is 2. The van der Waals surface area contributed by atoms with Crippen LogP contribution in [-0.2, 0) is 17.7 Å². The first-order valence-corrected chi connectivity index (χ1v) is 6.00. The lowest BCUT2D eigenvalue weighted by Crippen LogP contribution is -2.28. The molecule has 5 heteroatoms. The van der Waals surface area contributed by atoms with Gasteiger partial charge in [-0.15, -0.1) is 0 Å². The van der Waals surface area contributed by atoms with Crippen LogP contribution in [0.5, 0.6) is 0 Å². The molecule has 0 spiro atoms. The van der Waals surface area contributed by atoms with Gasteiger partial charge in [0.05, 0.1) is 6.04 Å². The summed E-state index contributed by atoms with van der Waals surface area (Å²) < 4.78 is 7.55. The van der Waals surface area contributed by atoms with E-state index in [-0.39, 0.29) is 0 Å². The van der Waals surface area contributed by atoms with E-state index in [0.29, 0.717) is 11.9 Å². The third kappa shape index (κ3) is 1.60. The monoisotopic (exact) mass is 222 g/mol. The standard InChI is InChI=1S/C11H18N4O/c12-11-9-7-13-4-1-10(9)15(14-11)8-2-5-16-6-3-8/h8,13H,1-7H2,(H2,12,14). The van der Waals surface area contributed by atoms with Gasteiger partial charge in [0.2, 0.25) is 0 Å². The molecule has 1 fully saturated rings. The van der Waals surface area contributed by atoms with Gasteiger partial charge in [0.25, 0.3) is 0 Å². The predicted octanol–water partition coefficient (Wildman–Crippen LogP) is 0.462. The van der Waals surface area contributed by atoms with Crippen LogP contribution in [0.3, 0.4) is 0 Å². The highest BCUT2D eigenvalue weighted by atomic mass is 16.5. The molecule has 0 unspecified atom stereocenters. The van der Waals surface area contributed by atoms with Crippen molar-refractivity contribution in [1.82, 2.24) is 15.1 Å². The average Bonchev–Trinajstić information content (AvgIpc) is 2.69. The number of nitrogen functional groups attached to an aromatic ring is 1. The smallest absolute Gasteiger partial charge is 0.150 e. The van der Waals surface area contributed by atoms with Gasteiger partial charge in [0.1, 0.15) is 5.82 Å². The van der Waals surface area contributed by atoms with E-state index >= 15 is 0 Å². The predicted molar refractivity (Wildman–Crippen MR) is 61.1 cm³/mol. The molecule has 1 saturated heterocycles. The molecule has 0 aromatic carbocycles. The van der Waals surface area contributed by atoms with Crippen LogP contribution in [-0.4, -0.2) is 29.5 Å². The maximum atomic E-state index is 5.97. The first kappa shape index (κ1) is 10.1. The van der Waals surface area contributed by atoms with Crippen molar-refractivity contribution >= 4 is 5.82 Å². The molecule has 3 N–H and O–H groups in total. The number of ether oxygens (including phenoxy) is 1. The van der Waals surface area contributed by atoms with Crippen molar-refractivity contribution in [3.63, 3.8) is 0 Å². The lowest BCUT2D eigenvalue weighted by molar-refractivity contribution is 0.0654. The Morgan fingerprint density at radius 1 is 1.38 bits per heavy atom. The summed E-state index contributed by atoms with van der Waals surface area (Å²) in [6, 6.07) is 0.484. The Morgan fingerprint density at radius 2 is 2.19 bits per heavy atom. The van der Waals surface area contributed by atoms with Gasteiger partial charge in [-0.25, -0.2) is 0 Å². The van der Waals surface area contributed by atoms with Gasteiger partial charge < -0.3 is 15.8 Å². The van der Waals surface area contributed by atoms with Crippen molar-refractivity contribution in [2.45, 2.75) is 31.8 Å². The number of rotatable bonds is 1. The van der Waals surface area contributed by atoms with Gasteiger partial charge in [-0.2, -0.15) is 5.10 Å². The average molecular weight is 222 g/mol. The molecule has 3 heterocycles. The summed E-state index contributed by atoms with van der Waals surface area (Å²) in [4.78, 5) is 0. The topological polar surface area (TPSA) is 65.1 Å². The Morgan fingerprint density at radius 3 is 3.00 bits per heavy atom. The van der Waals surface area contributed by atoms with Gasteiger partial charge in [0.15, 0.2) is 0 Å². The Bertz CT molecular complexity index is 382. The summed E-state index contributed by atoms with van der Waals surface area (Å²) in [6.45, 7) is 3.58. The third-order valence-electron chi connectivity index (χ3n) is 3.53. The molecule has 0 aliphatic carbocycles. The van der Waals surface area contributed by atoms with Crippen molar-refractivity contribution in [3.05, 3.63) is 11.3 Å². The largest absolute Gasteiger partial charge is 0.382 e. The summed E-state index contributed by atoms with van der Waals surface area (Å²) in [7, 11) is 0. The molecule has 0 saturated carbocycles. The fourth-order valence-corrected chi connectivity index (χ4v) is 2.63. The normalized spacial score (nSPS) is 22.0. The van der Waals surface area contributed by atoms with Crippen LogP contribution in [0.25, 0.3) is 0 Å². The first-order valence-electron chi connectivity index (χ1n) is 6.00. The van der Waals surface area contributed by atoms with E-state index in [1.54, 1.807) is 0 Å². The minimum absolute atomic E-state index is 0.484. The summed E-state index contributed by atoms with van der Waals surface area (Å²) in [6.07, 6.45) is 3.15. The first-order chi connectivity index (χ1) is 7.86. The van der Waals surface area contributed by atoms with Crippen molar-refractivity contribution < 1.29 is 4.74 Å².